The molecule has 1 heterocycles. The molecule has 7 nitrogen and oxygen atoms in total. The Balaban J connectivity index is 2.31. The Labute approximate surface area is 128 Å². The van der Waals surface area contributed by atoms with E-state index in [0.29, 0.717) is 15.9 Å². The lowest BCUT2D eigenvalue weighted by Crippen LogP contribution is -2.13. The second kappa shape index (κ2) is 6.31. The molecule has 1 N–H and O–H groups in total. The molecule has 1 aromatic carbocycles. The zero-order chi connectivity index (χ0) is 15.4. The number of halogens is 1. The third kappa shape index (κ3) is 3.54. The molecular formula is C13H10BrN3O4. The van der Waals surface area contributed by atoms with Gasteiger partial charge < -0.3 is 10.1 Å². The number of methoxy groups -OCH3 is 1. The average molecular weight is 352 g/mol. The number of nitro groups is 1. The molecule has 2 aromatic rings. The summed E-state index contributed by atoms with van der Waals surface area (Å²) in [6.07, 6.45) is 1.48. The SMILES string of the molecule is COc1ccc([N+](=O)[O-])cc1NC(=O)c1ccnc(Br)c1. The Hall–Kier alpha value is -2.48. The Kier molecular flexibility index (Phi) is 4.49. The van der Waals surface area contributed by atoms with Gasteiger partial charge in [0.2, 0.25) is 0 Å². The number of rotatable bonds is 4. The Morgan fingerprint density at radius 3 is 2.76 bits per heavy atom. The van der Waals surface area contributed by atoms with Gasteiger partial charge in [0.25, 0.3) is 11.6 Å². The van der Waals surface area contributed by atoms with Crippen LogP contribution in [0.15, 0.2) is 41.1 Å². The Morgan fingerprint density at radius 2 is 2.14 bits per heavy atom. The van der Waals surface area contributed by atoms with E-state index >= 15 is 0 Å². The molecule has 0 aliphatic rings. The normalized spacial score (nSPS) is 10.0. The highest BCUT2D eigenvalue weighted by molar-refractivity contribution is 9.10. The number of anilines is 1. The van der Waals surface area contributed by atoms with Gasteiger partial charge in [-0.15, -0.1) is 0 Å². The van der Waals surface area contributed by atoms with E-state index in [1.807, 2.05) is 0 Å². The standard InChI is InChI=1S/C13H10BrN3O4/c1-21-11-3-2-9(17(19)20)7-10(11)16-13(18)8-4-5-15-12(14)6-8/h2-7H,1H3,(H,16,18). The minimum absolute atomic E-state index is 0.137. The number of amides is 1. The predicted molar refractivity (Wildman–Crippen MR) is 79.5 cm³/mol. The first kappa shape index (κ1) is 14.9. The zero-order valence-electron chi connectivity index (χ0n) is 10.9. The van der Waals surface area contributed by atoms with Crippen LogP contribution >= 0.6 is 15.9 Å². The summed E-state index contributed by atoms with van der Waals surface area (Å²) in [7, 11) is 1.42. The van der Waals surface area contributed by atoms with Crippen molar-refractivity contribution >= 4 is 33.2 Å². The van der Waals surface area contributed by atoms with Gasteiger partial charge in [0, 0.05) is 23.9 Å². The maximum absolute atomic E-state index is 12.1. The number of nitro benzene ring substituents is 1. The molecule has 0 saturated heterocycles. The summed E-state index contributed by atoms with van der Waals surface area (Å²) >= 11 is 3.17. The Morgan fingerprint density at radius 1 is 1.38 bits per heavy atom. The van der Waals surface area contributed by atoms with Crippen molar-refractivity contribution in [3.05, 3.63) is 56.8 Å². The van der Waals surface area contributed by atoms with E-state index in [2.05, 4.69) is 26.2 Å². The second-order valence-electron chi connectivity index (χ2n) is 3.96. The van der Waals surface area contributed by atoms with Gasteiger partial charge in [-0.05, 0) is 34.1 Å². The van der Waals surface area contributed by atoms with Crippen LogP contribution < -0.4 is 10.1 Å². The number of nitrogens with zero attached hydrogens (tertiary/aromatic N) is 2. The van der Waals surface area contributed by atoms with Crippen molar-refractivity contribution in [1.29, 1.82) is 0 Å². The van der Waals surface area contributed by atoms with Gasteiger partial charge in [-0.2, -0.15) is 0 Å². The highest BCUT2D eigenvalue weighted by Crippen LogP contribution is 2.29. The average Bonchev–Trinajstić information content (AvgIpc) is 2.47. The minimum atomic E-state index is -0.544. The number of nitrogens with one attached hydrogen (secondary N) is 1. The van der Waals surface area contributed by atoms with Gasteiger partial charge in [-0.25, -0.2) is 4.98 Å². The van der Waals surface area contributed by atoms with E-state index in [4.69, 9.17) is 4.74 Å². The van der Waals surface area contributed by atoms with E-state index in [1.165, 1.54) is 37.6 Å². The third-order valence-electron chi connectivity index (χ3n) is 2.63. The molecule has 0 aliphatic carbocycles. The lowest BCUT2D eigenvalue weighted by molar-refractivity contribution is -0.384. The van der Waals surface area contributed by atoms with Gasteiger partial charge in [-0.1, -0.05) is 0 Å². The van der Waals surface area contributed by atoms with E-state index in [9.17, 15) is 14.9 Å². The fraction of sp³-hybridized carbons (Fsp3) is 0.0769. The number of hydrogen-bond acceptors (Lipinski definition) is 5. The molecule has 0 aliphatic heterocycles. The quantitative estimate of drug-likeness (QED) is 0.519. The van der Waals surface area contributed by atoms with Crippen LogP contribution in [0.4, 0.5) is 11.4 Å². The predicted octanol–water partition coefficient (Wildman–Crippen LogP) is 3.01. The van der Waals surface area contributed by atoms with Crippen molar-refractivity contribution in [1.82, 2.24) is 4.98 Å². The largest absolute Gasteiger partial charge is 0.495 e. The van der Waals surface area contributed by atoms with Crippen molar-refractivity contribution in [2.45, 2.75) is 0 Å². The number of non-ortho nitro benzene ring substituents is 1. The summed E-state index contributed by atoms with van der Waals surface area (Å²) in [5.41, 5.74) is 0.456. The van der Waals surface area contributed by atoms with Crippen LogP contribution in [0, 0.1) is 10.1 Å². The maximum Gasteiger partial charge on any atom is 0.271 e. The smallest absolute Gasteiger partial charge is 0.271 e. The number of carbonyl (C=O) groups excluding carboxylic acids is 1. The molecule has 2 rings (SSSR count). The van der Waals surface area contributed by atoms with Gasteiger partial charge in [0.1, 0.15) is 10.4 Å². The highest BCUT2D eigenvalue weighted by Gasteiger charge is 2.14. The number of carbonyl (C=O) groups is 1. The van der Waals surface area contributed by atoms with E-state index in [0.717, 1.165) is 0 Å². The van der Waals surface area contributed by atoms with E-state index in [1.54, 1.807) is 6.07 Å². The van der Waals surface area contributed by atoms with Crippen molar-refractivity contribution < 1.29 is 14.5 Å². The van der Waals surface area contributed by atoms with E-state index < -0.39 is 10.8 Å². The summed E-state index contributed by atoms with van der Waals surface area (Å²) < 4.78 is 5.60. The van der Waals surface area contributed by atoms with Gasteiger partial charge in [0.15, 0.2) is 0 Å². The molecular weight excluding hydrogens is 342 g/mol. The number of hydrogen-bond donors (Lipinski definition) is 1. The molecule has 1 amide bonds. The lowest BCUT2D eigenvalue weighted by atomic mass is 10.2. The molecule has 0 atom stereocenters. The molecule has 0 unspecified atom stereocenters. The minimum Gasteiger partial charge on any atom is -0.495 e. The first-order valence-corrected chi connectivity index (χ1v) is 6.56. The van der Waals surface area contributed by atoms with Crippen molar-refractivity contribution in [2.24, 2.45) is 0 Å². The molecule has 0 bridgehead atoms. The lowest BCUT2D eigenvalue weighted by Gasteiger charge is -2.10. The number of benzene rings is 1. The summed E-state index contributed by atoms with van der Waals surface area (Å²) in [5, 5.41) is 13.4. The van der Waals surface area contributed by atoms with Crippen LogP contribution in [0.2, 0.25) is 0 Å². The molecule has 8 heteroatoms. The number of aromatic nitrogens is 1. The fourth-order valence-corrected chi connectivity index (χ4v) is 2.01. The van der Waals surface area contributed by atoms with Gasteiger partial charge in [0.05, 0.1) is 17.7 Å². The molecule has 0 spiro atoms. The molecule has 0 saturated carbocycles. The van der Waals surface area contributed by atoms with Crippen molar-refractivity contribution in [2.75, 3.05) is 12.4 Å². The van der Waals surface area contributed by atoms with Crippen molar-refractivity contribution in [3.8, 4) is 5.75 Å². The maximum atomic E-state index is 12.1. The van der Waals surface area contributed by atoms with Gasteiger partial charge in [-0.3, -0.25) is 14.9 Å². The van der Waals surface area contributed by atoms with Gasteiger partial charge >= 0.3 is 0 Å². The first-order chi connectivity index (χ1) is 10.0. The summed E-state index contributed by atoms with van der Waals surface area (Å²) in [6.45, 7) is 0. The monoisotopic (exact) mass is 351 g/mol. The molecule has 1 aromatic heterocycles. The molecule has 0 radical (unpaired) electrons. The number of pyridine rings is 1. The Bertz CT molecular complexity index is 706. The van der Waals surface area contributed by atoms with Crippen LogP contribution in [0.1, 0.15) is 10.4 Å². The van der Waals surface area contributed by atoms with Crippen LogP contribution in [-0.2, 0) is 0 Å². The zero-order valence-corrected chi connectivity index (χ0v) is 12.5. The van der Waals surface area contributed by atoms with Crippen LogP contribution in [0.3, 0.4) is 0 Å². The second-order valence-corrected chi connectivity index (χ2v) is 4.78. The van der Waals surface area contributed by atoms with Crippen LogP contribution in [0.5, 0.6) is 5.75 Å². The molecule has 108 valence electrons. The summed E-state index contributed by atoms with van der Waals surface area (Å²) in [4.78, 5) is 26.3. The van der Waals surface area contributed by atoms with Crippen molar-refractivity contribution in [3.63, 3.8) is 0 Å². The number of ether oxygens (including phenoxy) is 1. The topological polar surface area (TPSA) is 94.4 Å². The first-order valence-electron chi connectivity index (χ1n) is 5.76. The third-order valence-corrected chi connectivity index (χ3v) is 3.06. The molecule has 0 fully saturated rings. The summed E-state index contributed by atoms with van der Waals surface area (Å²) in [5.74, 6) is -0.0843. The fourth-order valence-electron chi connectivity index (χ4n) is 1.65. The highest BCUT2D eigenvalue weighted by atomic mass is 79.9. The molecule has 21 heavy (non-hydrogen) atoms. The summed E-state index contributed by atoms with van der Waals surface area (Å²) in [6, 6.07) is 7.05. The van der Waals surface area contributed by atoms with E-state index in [-0.39, 0.29) is 11.4 Å². The van der Waals surface area contributed by atoms with Crippen LogP contribution in [-0.4, -0.2) is 22.9 Å². The van der Waals surface area contributed by atoms with Crippen LogP contribution in [0.25, 0.3) is 0 Å².